The zero-order chi connectivity index (χ0) is 13.6. The Balaban J connectivity index is 2.92. The Labute approximate surface area is 108 Å². The molecule has 1 unspecified atom stereocenters. The van der Waals surface area contributed by atoms with Gasteiger partial charge in [0, 0.05) is 6.07 Å². The molecule has 1 atom stereocenters. The largest absolute Gasteiger partial charge is 0.481 e. The molecule has 0 saturated heterocycles. The number of esters is 1. The van der Waals surface area contributed by atoms with E-state index in [0.29, 0.717) is 18.1 Å². The van der Waals surface area contributed by atoms with Crippen LogP contribution in [0.3, 0.4) is 0 Å². The highest BCUT2D eigenvalue weighted by molar-refractivity contribution is 5.83. The van der Waals surface area contributed by atoms with E-state index in [1.165, 1.54) is 7.11 Å². The van der Waals surface area contributed by atoms with Gasteiger partial charge < -0.3 is 14.8 Å². The third-order valence-electron chi connectivity index (χ3n) is 2.72. The lowest BCUT2D eigenvalue weighted by Gasteiger charge is -2.28. The number of hydrogen-bond acceptors (Lipinski definition) is 5. The number of methoxy groups -OCH3 is 2. The number of rotatable bonds is 6. The Hall–Kier alpha value is -1.78. The molecule has 5 heteroatoms. The van der Waals surface area contributed by atoms with E-state index in [-0.39, 0.29) is 5.97 Å². The molecular formula is C13H20N2O3. The van der Waals surface area contributed by atoms with Gasteiger partial charge in [0.05, 0.1) is 14.2 Å². The third kappa shape index (κ3) is 3.35. The van der Waals surface area contributed by atoms with E-state index in [9.17, 15) is 4.79 Å². The van der Waals surface area contributed by atoms with Crippen molar-refractivity contribution in [3.8, 4) is 5.88 Å². The second kappa shape index (κ2) is 6.23. The summed E-state index contributed by atoms with van der Waals surface area (Å²) in [7, 11) is 2.94. The van der Waals surface area contributed by atoms with Gasteiger partial charge >= 0.3 is 5.97 Å². The highest BCUT2D eigenvalue weighted by Gasteiger charge is 2.33. The summed E-state index contributed by atoms with van der Waals surface area (Å²) in [6.45, 7) is 3.82. The van der Waals surface area contributed by atoms with E-state index in [1.54, 1.807) is 19.2 Å². The minimum Gasteiger partial charge on any atom is -0.481 e. The van der Waals surface area contributed by atoms with Gasteiger partial charge in [0.15, 0.2) is 0 Å². The molecule has 0 fully saturated rings. The fourth-order valence-corrected chi connectivity index (χ4v) is 1.82. The molecular weight excluding hydrogens is 232 g/mol. The van der Waals surface area contributed by atoms with Gasteiger partial charge in [0.2, 0.25) is 5.88 Å². The Morgan fingerprint density at radius 1 is 1.44 bits per heavy atom. The summed E-state index contributed by atoms with van der Waals surface area (Å²) < 4.78 is 9.89. The second-order valence-electron chi connectivity index (χ2n) is 4.26. The summed E-state index contributed by atoms with van der Waals surface area (Å²) in [6.07, 6.45) is 1.53. The van der Waals surface area contributed by atoms with Crippen molar-refractivity contribution in [1.29, 1.82) is 0 Å². The van der Waals surface area contributed by atoms with Crippen molar-refractivity contribution in [2.75, 3.05) is 19.5 Å². The first-order chi connectivity index (χ1) is 8.55. The van der Waals surface area contributed by atoms with Crippen molar-refractivity contribution in [3.63, 3.8) is 0 Å². The van der Waals surface area contributed by atoms with Crippen molar-refractivity contribution in [2.24, 2.45) is 0 Å². The fraction of sp³-hybridized carbons (Fsp3) is 0.538. The standard InChI is InChI=1S/C13H20N2O3/c1-5-9-13(2,12(16)18-4)15-10-7-6-8-11(14-10)17-3/h6-8H,5,9H2,1-4H3,(H,14,15). The minimum absolute atomic E-state index is 0.297. The van der Waals surface area contributed by atoms with E-state index in [2.05, 4.69) is 10.3 Å². The van der Waals surface area contributed by atoms with Crippen LogP contribution in [0.1, 0.15) is 26.7 Å². The molecule has 0 saturated carbocycles. The quantitative estimate of drug-likeness (QED) is 0.787. The van der Waals surface area contributed by atoms with E-state index in [4.69, 9.17) is 9.47 Å². The first-order valence-corrected chi connectivity index (χ1v) is 5.93. The van der Waals surface area contributed by atoms with Gasteiger partial charge in [-0.1, -0.05) is 19.4 Å². The Kier molecular flexibility index (Phi) is 4.95. The van der Waals surface area contributed by atoms with Crippen LogP contribution in [0.2, 0.25) is 0 Å². The minimum atomic E-state index is -0.775. The molecule has 0 radical (unpaired) electrons. The molecule has 1 heterocycles. The van der Waals surface area contributed by atoms with Crippen LogP contribution >= 0.6 is 0 Å². The van der Waals surface area contributed by atoms with Crippen LogP contribution in [-0.4, -0.2) is 30.7 Å². The number of hydrogen-bond donors (Lipinski definition) is 1. The van der Waals surface area contributed by atoms with E-state index < -0.39 is 5.54 Å². The molecule has 18 heavy (non-hydrogen) atoms. The molecule has 1 N–H and O–H groups in total. The lowest BCUT2D eigenvalue weighted by atomic mass is 9.96. The van der Waals surface area contributed by atoms with Gasteiger partial charge in [0.25, 0.3) is 0 Å². The highest BCUT2D eigenvalue weighted by atomic mass is 16.5. The lowest BCUT2D eigenvalue weighted by Crippen LogP contribution is -2.44. The molecule has 0 aliphatic heterocycles. The average Bonchev–Trinajstić information content (AvgIpc) is 2.38. The normalized spacial score (nSPS) is 13.6. The summed E-state index contributed by atoms with van der Waals surface area (Å²) >= 11 is 0. The number of nitrogens with one attached hydrogen (secondary N) is 1. The summed E-state index contributed by atoms with van der Waals surface area (Å²) in [5.41, 5.74) is -0.775. The SMILES string of the molecule is CCCC(C)(Nc1cccc(OC)n1)C(=O)OC. The Morgan fingerprint density at radius 2 is 2.17 bits per heavy atom. The molecule has 100 valence electrons. The molecule has 1 aromatic rings. The Bertz CT molecular complexity index is 409. The van der Waals surface area contributed by atoms with Crippen molar-refractivity contribution < 1.29 is 14.3 Å². The molecule has 0 amide bonds. The van der Waals surface area contributed by atoms with Gasteiger partial charge in [-0.3, -0.25) is 0 Å². The van der Waals surface area contributed by atoms with Crippen molar-refractivity contribution in [1.82, 2.24) is 4.98 Å². The third-order valence-corrected chi connectivity index (χ3v) is 2.72. The molecule has 1 aromatic heterocycles. The van der Waals surface area contributed by atoms with E-state index in [0.717, 1.165) is 6.42 Å². The van der Waals surface area contributed by atoms with Crippen LogP contribution in [0.15, 0.2) is 18.2 Å². The predicted octanol–water partition coefficient (Wildman–Crippen LogP) is 2.23. The number of carbonyl (C=O) groups excluding carboxylic acids is 1. The number of carbonyl (C=O) groups is 1. The van der Waals surface area contributed by atoms with Crippen molar-refractivity contribution in [3.05, 3.63) is 18.2 Å². The number of anilines is 1. The maximum absolute atomic E-state index is 11.8. The maximum atomic E-state index is 11.8. The molecule has 0 spiro atoms. The van der Waals surface area contributed by atoms with E-state index in [1.807, 2.05) is 19.9 Å². The van der Waals surface area contributed by atoms with Crippen molar-refractivity contribution >= 4 is 11.8 Å². The van der Waals surface area contributed by atoms with Crippen LogP contribution in [0.25, 0.3) is 0 Å². The van der Waals surface area contributed by atoms with Crippen LogP contribution < -0.4 is 10.1 Å². The number of nitrogens with zero attached hydrogens (tertiary/aromatic N) is 1. The van der Waals surface area contributed by atoms with Crippen LogP contribution in [0.5, 0.6) is 5.88 Å². The monoisotopic (exact) mass is 252 g/mol. The first kappa shape index (κ1) is 14.3. The van der Waals surface area contributed by atoms with E-state index >= 15 is 0 Å². The zero-order valence-corrected chi connectivity index (χ0v) is 11.3. The van der Waals surface area contributed by atoms with Crippen molar-refractivity contribution in [2.45, 2.75) is 32.2 Å². The van der Waals surface area contributed by atoms with Crippen LogP contribution in [0.4, 0.5) is 5.82 Å². The van der Waals surface area contributed by atoms with Crippen LogP contribution in [0, 0.1) is 0 Å². The summed E-state index contributed by atoms with van der Waals surface area (Å²) in [5.74, 6) is 0.799. The fourth-order valence-electron chi connectivity index (χ4n) is 1.82. The molecule has 1 rings (SSSR count). The number of pyridine rings is 1. The molecule has 5 nitrogen and oxygen atoms in total. The van der Waals surface area contributed by atoms with Crippen LogP contribution in [-0.2, 0) is 9.53 Å². The molecule has 0 aromatic carbocycles. The summed E-state index contributed by atoms with van der Waals surface area (Å²) in [6, 6.07) is 5.36. The van der Waals surface area contributed by atoms with Gasteiger partial charge in [0.1, 0.15) is 11.4 Å². The zero-order valence-electron chi connectivity index (χ0n) is 11.3. The Morgan fingerprint density at radius 3 is 2.72 bits per heavy atom. The number of aromatic nitrogens is 1. The summed E-state index contributed by atoms with van der Waals surface area (Å²) in [4.78, 5) is 16.1. The van der Waals surface area contributed by atoms with Gasteiger partial charge in [-0.15, -0.1) is 0 Å². The number of ether oxygens (including phenoxy) is 2. The molecule has 0 bridgehead atoms. The highest BCUT2D eigenvalue weighted by Crippen LogP contribution is 2.21. The average molecular weight is 252 g/mol. The first-order valence-electron chi connectivity index (χ1n) is 5.93. The lowest BCUT2D eigenvalue weighted by molar-refractivity contribution is -0.145. The predicted molar refractivity (Wildman–Crippen MR) is 69.7 cm³/mol. The topological polar surface area (TPSA) is 60.5 Å². The van der Waals surface area contributed by atoms with Gasteiger partial charge in [-0.05, 0) is 19.4 Å². The van der Waals surface area contributed by atoms with Gasteiger partial charge in [-0.25, -0.2) is 4.79 Å². The second-order valence-corrected chi connectivity index (χ2v) is 4.26. The summed E-state index contributed by atoms with van der Waals surface area (Å²) in [5, 5.41) is 3.12. The van der Waals surface area contributed by atoms with Gasteiger partial charge in [-0.2, -0.15) is 4.98 Å². The molecule has 0 aliphatic carbocycles. The smallest absolute Gasteiger partial charge is 0.331 e. The molecule has 0 aliphatic rings. The maximum Gasteiger partial charge on any atom is 0.331 e.